The smallest absolute Gasteiger partial charge is 0.290 e. The molecule has 39 heavy (non-hydrogen) atoms. The number of furan rings is 1. The van der Waals surface area contributed by atoms with Gasteiger partial charge < -0.3 is 23.9 Å². The van der Waals surface area contributed by atoms with E-state index in [0.29, 0.717) is 42.9 Å². The molecule has 206 valence electrons. The van der Waals surface area contributed by atoms with Crippen LogP contribution in [-0.4, -0.2) is 73.1 Å². The molecule has 0 spiro atoms. The number of ether oxygens (including phenoxy) is 2. The quantitative estimate of drug-likeness (QED) is 0.407. The van der Waals surface area contributed by atoms with Crippen LogP contribution < -0.4 is 4.74 Å². The number of rotatable bonds is 8. The third kappa shape index (κ3) is 5.31. The molecule has 1 atom stereocenters. The van der Waals surface area contributed by atoms with Crippen LogP contribution in [0.25, 0.3) is 11.0 Å². The lowest BCUT2D eigenvalue weighted by Gasteiger charge is -2.30. The Morgan fingerprint density at radius 2 is 1.79 bits per heavy atom. The molecule has 2 aliphatic heterocycles. The van der Waals surface area contributed by atoms with E-state index >= 15 is 0 Å². The van der Waals surface area contributed by atoms with Gasteiger partial charge in [0.05, 0.1) is 31.9 Å². The molecular formula is C31H36N2O6. The van der Waals surface area contributed by atoms with Crippen molar-refractivity contribution < 1.29 is 28.6 Å². The van der Waals surface area contributed by atoms with Crippen LogP contribution in [0.5, 0.6) is 5.75 Å². The first kappa shape index (κ1) is 27.0. The average molecular weight is 533 g/mol. The number of fused-ring (bicyclic) bond motifs is 1. The zero-order chi connectivity index (χ0) is 27.7. The number of ketones is 1. The van der Waals surface area contributed by atoms with E-state index in [4.69, 9.17) is 13.9 Å². The van der Waals surface area contributed by atoms with Crippen molar-refractivity contribution in [1.82, 2.24) is 9.80 Å². The molecule has 1 fully saturated rings. The number of aliphatic hydroxyl groups excluding tert-OH is 1. The van der Waals surface area contributed by atoms with Crippen LogP contribution in [0.4, 0.5) is 0 Å². The second kappa shape index (κ2) is 10.9. The van der Waals surface area contributed by atoms with Crippen LogP contribution in [0.3, 0.4) is 0 Å². The minimum absolute atomic E-state index is 0.0351. The van der Waals surface area contributed by atoms with E-state index in [-0.39, 0.29) is 16.7 Å². The molecule has 0 saturated carbocycles. The second-order valence-corrected chi connectivity index (χ2v) is 11.2. The number of amides is 1. The third-order valence-corrected chi connectivity index (χ3v) is 7.57. The Morgan fingerprint density at radius 3 is 2.46 bits per heavy atom. The fourth-order valence-electron chi connectivity index (χ4n) is 5.36. The van der Waals surface area contributed by atoms with Crippen LogP contribution in [0.15, 0.2) is 64.3 Å². The zero-order valence-electron chi connectivity index (χ0n) is 23.0. The average Bonchev–Trinajstić information content (AvgIpc) is 3.48. The fraction of sp³-hybridized carbons (Fsp3) is 0.419. The summed E-state index contributed by atoms with van der Waals surface area (Å²) in [5.41, 5.74) is 2.34. The number of carbonyl (C=O) groups excluding carboxylic acids is 2. The Kier molecular flexibility index (Phi) is 7.51. The van der Waals surface area contributed by atoms with Gasteiger partial charge in [-0.05, 0) is 35.1 Å². The van der Waals surface area contributed by atoms with Crippen LogP contribution in [0.2, 0.25) is 0 Å². The monoisotopic (exact) mass is 532 g/mol. The first-order chi connectivity index (χ1) is 18.7. The van der Waals surface area contributed by atoms with Gasteiger partial charge in [0, 0.05) is 31.6 Å². The number of Topliss-reactive ketones (excluding diaryl/α,β-unsaturated/α-hetero) is 1. The number of para-hydroxylation sites is 1. The number of hydrogen-bond acceptors (Lipinski definition) is 7. The molecular weight excluding hydrogens is 496 g/mol. The SMILES string of the molecule is COc1cccc2cc(C(=O)C3=C(O)C(=O)N(CCCN4CCOCC4)[C@@H]3c3ccc(C(C)(C)C)cc3)oc12. The lowest BCUT2D eigenvalue weighted by Crippen LogP contribution is -2.39. The van der Waals surface area contributed by atoms with Crippen molar-refractivity contribution in [3.05, 3.63) is 76.8 Å². The predicted molar refractivity (Wildman–Crippen MR) is 148 cm³/mol. The number of benzene rings is 2. The van der Waals surface area contributed by atoms with E-state index < -0.39 is 23.5 Å². The van der Waals surface area contributed by atoms with Gasteiger partial charge in [0.15, 0.2) is 22.9 Å². The summed E-state index contributed by atoms with van der Waals surface area (Å²) in [5, 5.41) is 11.8. The highest BCUT2D eigenvalue weighted by Crippen LogP contribution is 2.41. The molecule has 2 aromatic carbocycles. The highest BCUT2D eigenvalue weighted by molar-refractivity contribution is 6.16. The minimum Gasteiger partial charge on any atom is -0.503 e. The van der Waals surface area contributed by atoms with Gasteiger partial charge in [-0.25, -0.2) is 0 Å². The molecule has 0 aliphatic carbocycles. The zero-order valence-corrected chi connectivity index (χ0v) is 23.0. The standard InChI is InChI=1S/C31H36N2O6/c1-31(2,3)22-11-9-20(10-12-22)26-25(27(34)24-19-21-7-5-8-23(37-4)29(21)39-24)28(35)30(36)33(26)14-6-13-32-15-17-38-18-16-32/h5,7-12,19,26,35H,6,13-18H2,1-4H3/t26-/m1/s1. The van der Waals surface area contributed by atoms with Crippen LogP contribution in [-0.2, 0) is 14.9 Å². The Labute approximate surface area is 228 Å². The molecule has 1 aromatic heterocycles. The van der Waals surface area contributed by atoms with Crippen molar-refractivity contribution in [3.8, 4) is 5.75 Å². The maximum absolute atomic E-state index is 13.9. The maximum Gasteiger partial charge on any atom is 0.290 e. The van der Waals surface area contributed by atoms with Crippen molar-refractivity contribution in [2.24, 2.45) is 0 Å². The first-order valence-corrected chi connectivity index (χ1v) is 13.4. The molecule has 1 amide bonds. The summed E-state index contributed by atoms with van der Waals surface area (Å²) in [6.07, 6.45) is 0.707. The number of hydrogen-bond donors (Lipinski definition) is 1. The van der Waals surface area contributed by atoms with Gasteiger partial charge in [0.2, 0.25) is 5.78 Å². The molecule has 1 N–H and O–H groups in total. The summed E-state index contributed by atoms with van der Waals surface area (Å²) in [6.45, 7) is 10.7. The van der Waals surface area contributed by atoms with Crippen LogP contribution in [0, 0.1) is 0 Å². The van der Waals surface area contributed by atoms with E-state index in [9.17, 15) is 14.7 Å². The van der Waals surface area contributed by atoms with Gasteiger partial charge in [0.1, 0.15) is 0 Å². The van der Waals surface area contributed by atoms with Crippen molar-refractivity contribution in [3.63, 3.8) is 0 Å². The molecule has 0 radical (unpaired) electrons. The summed E-state index contributed by atoms with van der Waals surface area (Å²) in [7, 11) is 1.54. The lowest BCUT2D eigenvalue weighted by atomic mass is 9.85. The summed E-state index contributed by atoms with van der Waals surface area (Å²) >= 11 is 0. The minimum atomic E-state index is -0.723. The highest BCUT2D eigenvalue weighted by atomic mass is 16.5. The Hall–Kier alpha value is -3.62. The first-order valence-electron chi connectivity index (χ1n) is 13.4. The van der Waals surface area contributed by atoms with Gasteiger partial charge in [-0.2, -0.15) is 0 Å². The van der Waals surface area contributed by atoms with E-state index in [2.05, 4.69) is 25.7 Å². The Bertz CT molecular complexity index is 1390. The summed E-state index contributed by atoms with van der Waals surface area (Å²) < 4.78 is 16.7. The summed E-state index contributed by atoms with van der Waals surface area (Å²) in [5.74, 6) is -1.02. The number of methoxy groups -OCH3 is 1. The molecule has 5 rings (SSSR count). The molecule has 3 aromatic rings. The number of nitrogens with zero attached hydrogens (tertiary/aromatic N) is 2. The summed E-state index contributed by atoms with van der Waals surface area (Å²) in [4.78, 5) is 31.2. The summed E-state index contributed by atoms with van der Waals surface area (Å²) in [6, 6.07) is 14.2. The number of aliphatic hydroxyl groups is 1. The highest BCUT2D eigenvalue weighted by Gasteiger charge is 2.44. The molecule has 3 heterocycles. The Morgan fingerprint density at radius 1 is 1.08 bits per heavy atom. The lowest BCUT2D eigenvalue weighted by molar-refractivity contribution is -0.129. The molecule has 2 aliphatic rings. The van der Waals surface area contributed by atoms with E-state index in [1.165, 1.54) is 7.11 Å². The topological polar surface area (TPSA) is 92.5 Å². The molecule has 0 bridgehead atoms. The molecule has 8 heteroatoms. The van der Waals surface area contributed by atoms with Gasteiger partial charge in [-0.15, -0.1) is 0 Å². The number of morpholine rings is 1. The molecule has 1 saturated heterocycles. The normalized spacial score (nSPS) is 18.8. The number of carbonyl (C=O) groups is 2. The molecule has 0 unspecified atom stereocenters. The van der Waals surface area contributed by atoms with Crippen LogP contribution >= 0.6 is 0 Å². The van der Waals surface area contributed by atoms with Gasteiger partial charge in [-0.3, -0.25) is 14.5 Å². The third-order valence-electron chi connectivity index (χ3n) is 7.57. The van der Waals surface area contributed by atoms with E-state index in [0.717, 1.165) is 30.8 Å². The van der Waals surface area contributed by atoms with Crippen molar-refractivity contribution in [1.29, 1.82) is 0 Å². The fourth-order valence-corrected chi connectivity index (χ4v) is 5.36. The van der Waals surface area contributed by atoms with Gasteiger partial charge in [0.25, 0.3) is 5.91 Å². The van der Waals surface area contributed by atoms with Crippen molar-refractivity contribution >= 4 is 22.7 Å². The predicted octanol–water partition coefficient (Wildman–Crippen LogP) is 5.04. The van der Waals surface area contributed by atoms with E-state index in [1.807, 2.05) is 36.4 Å². The Balaban J connectivity index is 1.49. The van der Waals surface area contributed by atoms with Crippen molar-refractivity contribution in [2.75, 3.05) is 46.5 Å². The van der Waals surface area contributed by atoms with Crippen LogP contribution in [0.1, 0.15) is 54.9 Å². The largest absolute Gasteiger partial charge is 0.503 e. The van der Waals surface area contributed by atoms with Gasteiger partial charge in [-0.1, -0.05) is 57.2 Å². The molecule has 8 nitrogen and oxygen atoms in total. The maximum atomic E-state index is 13.9. The van der Waals surface area contributed by atoms with E-state index in [1.54, 1.807) is 17.0 Å². The van der Waals surface area contributed by atoms with Gasteiger partial charge >= 0.3 is 0 Å². The van der Waals surface area contributed by atoms with Crippen molar-refractivity contribution in [2.45, 2.75) is 38.6 Å². The second-order valence-electron chi connectivity index (χ2n) is 11.2.